The van der Waals surface area contributed by atoms with Crippen LogP contribution in [0.5, 0.6) is 0 Å². The van der Waals surface area contributed by atoms with Crippen molar-refractivity contribution in [3.8, 4) is 0 Å². The van der Waals surface area contributed by atoms with Crippen molar-refractivity contribution in [3.05, 3.63) is 12.7 Å². The zero-order valence-electron chi connectivity index (χ0n) is 18.6. The quantitative estimate of drug-likeness (QED) is 0.474. The lowest BCUT2D eigenvalue weighted by Crippen LogP contribution is -2.59. The van der Waals surface area contributed by atoms with Crippen LogP contribution in [0.1, 0.15) is 79.1 Å². The standard InChI is InChI=1S/C25H38O4/c1-6-17-8-10-21-20-9-7-18-13-19(28-15(2)26)11-12-24(18,4)22(20)14-23(25(17,21)5)29-16(3)27/h6,17-23H,1,7-14H2,2-5H3/t17?,18-,19-,20+,21+,22+,23+,24+,25-/m1/s1. The third-order valence-electron chi connectivity index (χ3n) is 9.69. The topological polar surface area (TPSA) is 52.6 Å². The molecular weight excluding hydrogens is 364 g/mol. The SMILES string of the molecule is C=CC1CC[C@H]2[C@@H]3CC[C@@H]4C[C@H](OC(C)=O)CC[C@]4(C)[C@H]3C[C@H](OC(C)=O)[C@]12C. The molecule has 4 aliphatic rings. The summed E-state index contributed by atoms with van der Waals surface area (Å²) in [6, 6.07) is 0. The van der Waals surface area contributed by atoms with Gasteiger partial charge in [0.15, 0.2) is 0 Å². The Morgan fingerprint density at radius 2 is 1.66 bits per heavy atom. The summed E-state index contributed by atoms with van der Waals surface area (Å²) in [5, 5.41) is 0. The van der Waals surface area contributed by atoms with Gasteiger partial charge in [-0.25, -0.2) is 0 Å². The molecule has 0 spiro atoms. The predicted octanol–water partition coefficient (Wildman–Crippen LogP) is 5.30. The minimum atomic E-state index is -0.155. The van der Waals surface area contributed by atoms with Gasteiger partial charge in [0, 0.05) is 19.3 Å². The van der Waals surface area contributed by atoms with Crippen LogP contribution in [0.3, 0.4) is 0 Å². The summed E-state index contributed by atoms with van der Waals surface area (Å²) in [7, 11) is 0. The first kappa shape index (κ1) is 20.9. The third kappa shape index (κ3) is 3.25. The molecule has 0 aliphatic heterocycles. The van der Waals surface area contributed by atoms with Crippen molar-refractivity contribution in [2.24, 2.45) is 40.4 Å². The normalized spacial score (nSPS) is 48.6. The van der Waals surface area contributed by atoms with E-state index < -0.39 is 0 Å². The fourth-order valence-corrected chi connectivity index (χ4v) is 8.31. The maximum Gasteiger partial charge on any atom is 0.302 e. The second-order valence-corrected chi connectivity index (χ2v) is 10.8. The fourth-order valence-electron chi connectivity index (χ4n) is 8.31. The van der Waals surface area contributed by atoms with Gasteiger partial charge in [-0.15, -0.1) is 6.58 Å². The van der Waals surface area contributed by atoms with E-state index in [9.17, 15) is 9.59 Å². The highest BCUT2D eigenvalue weighted by molar-refractivity contribution is 5.66. The van der Waals surface area contributed by atoms with Crippen LogP contribution >= 0.6 is 0 Å². The van der Waals surface area contributed by atoms with Gasteiger partial charge in [-0.1, -0.05) is 19.9 Å². The Kier molecular flexibility index (Phi) is 5.36. The van der Waals surface area contributed by atoms with Crippen molar-refractivity contribution >= 4 is 11.9 Å². The monoisotopic (exact) mass is 402 g/mol. The third-order valence-corrected chi connectivity index (χ3v) is 9.69. The number of esters is 2. The smallest absolute Gasteiger partial charge is 0.302 e. The lowest BCUT2D eigenvalue weighted by Gasteiger charge is -2.62. The molecule has 0 aromatic carbocycles. The summed E-state index contributed by atoms with van der Waals surface area (Å²) in [6.07, 6.45) is 11.1. The second kappa shape index (κ2) is 7.42. The van der Waals surface area contributed by atoms with Crippen LogP contribution in [-0.2, 0) is 19.1 Å². The number of rotatable bonds is 3. The number of allylic oxidation sites excluding steroid dienone is 1. The first-order valence-electron chi connectivity index (χ1n) is 11.7. The van der Waals surface area contributed by atoms with E-state index >= 15 is 0 Å². The number of carbonyl (C=O) groups is 2. The highest BCUT2D eigenvalue weighted by Gasteiger charge is 2.64. The summed E-state index contributed by atoms with van der Waals surface area (Å²) in [5.41, 5.74) is 0.276. The molecule has 0 saturated heterocycles. The van der Waals surface area contributed by atoms with Gasteiger partial charge < -0.3 is 9.47 Å². The molecule has 4 aliphatic carbocycles. The molecule has 0 amide bonds. The van der Waals surface area contributed by atoms with E-state index in [4.69, 9.17) is 9.47 Å². The van der Waals surface area contributed by atoms with Crippen LogP contribution in [0.4, 0.5) is 0 Å². The van der Waals surface area contributed by atoms with Gasteiger partial charge in [-0.05, 0) is 86.4 Å². The summed E-state index contributed by atoms with van der Waals surface area (Å²) >= 11 is 0. The molecule has 0 aromatic heterocycles. The highest BCUT2D eigenvalue weighted by Crippen LogP contribution is 2.68. The Morgan fingerprint density at radius 1 is 0.931 bits per heavy atom. The van der Waals surface area contributed by atoms with Crippen LogP contribution in [0, 0.1) is 40.4 Å². The number of hydrogen-bond acceptors (Lipinski definition) is 4. The van der Waals surface area contributed by atoms with E-state index in [0.29, 0.717) is 29.6 Å². The first-order chi connectivity index (χ1) is 13.7. The van der Waals surface area contributed by atoms with Gasteiger partial charge in [0.1, 0.15) is 12.2 Å². The molecule has 9 atom stereocenters. The molecule has 4 fully saturated rings. The number of fused-ring (bicyclic) bond motifs is 5. The highest BCUT2D eigenvalue weighted by atomic mass is 16.5. The Balaban J connectivity index is 1.62. The number of hydrogen-bond donors (Lipinski definition) is 0. The lowest BCUT2D eigenvalue weighted by molar-refractivity contribution is -0.192. The van der Waals surface area contributed by atoms with E-state index in [2.05, 4.69) is 26.5 Å². The molecule has 0 bridgehead atoms. The molecule has 29 heavy (non-hydrogen) atoms. The minimum Gasteiger partial charge on any atom is -0.463 e. The van der Waals surface area contributed by atoms with Gasteiger partial charge in [-0.3, -0.25) is 9.59 Å². The predicted molar refractivity (Wildman–Crippen MR) is 112 cm³/mol. The summed E-state index contributed by atoms with van der Waals surface area (Å²) in [5.74, 6) is 2.63. The van der Waals surface area contributed by atoms with Crippen molar-refractivity contribution in [3.63, 3.8) is 0 Å². The summed E-state index contributed by atoms with van der Waals surface area (Å²) in [6.45, 7) is 12.0. The van der Waals surface area contributed by atoms with Crippen LogP contribution in [0.25, 0.3) is 0 Å². The Labute approximate surface area is 175 Å². The average Bonchev–Trinajstić information content (AvgIpc) is 2.99. The van der Waals surface area contributed by atoms with Crippen LogP contribution < -0.4 is 0 Å². The largest absolute Gasteiger partial charge is 0.463 e. The van der Waals surface area contributed by atoms with Gasteiger partial charge in [0.05, 0.1) is 0 Å². The van der Waals surface area contributed by atoms with Crippen LogP contribution in [0.15, 0.2) is 12.7 Å². The minimum absolute atomic E-state index is 0.0153. The van der Waals surface area contributed by atoms with E-state index in [1.54, 1.807) is 6.92 Å². The fraction of sp³-hybridized carbons (Fsp3) is 0.840. The zero-order chi connectivity index (χ0) is 21.0. The molecule has 0 heterocycles. The van der Waals surface area contributed by atoms with Crippen molar-refractivity contribution < 1.29 is 19.1 Å². The van der Waals surface area contributed by atoms with Crippen molar-refractivity contribution in [2.75, 3.05) is 0 Å². The molecular formula is C25H38O4. The van der Waals surface area contributed by atoms with E-state index in [0.717, 1.165) is 25.7 Å². The van der Waals surface area contributed by atoms with Gasteiger partial charge in [-0.2, -0.15) is 0 Å². The second-order valence-electron chi connectivity index (χ2n) is 10.8. The zero-order valence-corrected chi connectivity index (χ0v) is 18.6. The molecule has 162 valence electrons. The molecule has 4 saturated carbocycles. The molecule has 1 unspecified atom stereocenters. The van der Waals surface area contributed by atoms with E-state index in [1.807, 2.05) is 0 Å². The maximum absolute atomic E-state index is 12.0. The van der Waals surface area contributed by atoms with Gasteiger partial charge >= 0.3 is 11.9 Å². The van der Waals surface area contributed by atoms with Crippen molar-refractivity contribution in [2.45, 2.75) is 91.3 Å². The maximum atomic E-state index is 12.0. The van der Waals surface area contributed by atoms with Crippen molar-refractivity contribution in [1.82, 2.24) is 0 Å². The van der Waals surface area contributed by atoms with E-state index in [1.165, 1.54) is 32.6 Å². The Bertz CT molecular complexity index is 686. The Hall–Kier alpha value is -1.32. The molecule has 4 rings (SSSR count). The number of ether oxygens (including phenoxy) is 2. The number of carbonyl (C=O) groups excluding carboxylic acids is 2. The van der Waals surface area contributed by atoms with E-state index in [-0.39, 0.29) is 35.0 Å². The molecule has 0 radical (unpaired) electrons. The van der Waals surface area contributed by atoms with Gasteiger partial charge in [0.2, 0.25) is 0 Å². The molecule has 0 aromatic rings. The van der Waals surface area contributed by atoms with Crippen LogP contribution in [0.2, 0.25) is 0 Å². The van der Waals surface area contributed by atoms with Crippen LogP contribution in [-0.4, -0.2) is 24.1 Å². The van der Waals surface area contributed by atoms with Gasteiger partial charge in [0.25, 0.3) is 0 Å². The molecule has 4 nitrogen and oxygen atoms in total. The summed E-state index contributed by atoms with van der Waals surface area (Å²) in [4.78, 5) is 23.5. The molecule has 0 N–H and O–H groups in total. The lowest BCUT2D eigenvalue weighted by atomic mass is 9.44. The molecule has 4 heteroatoms. The Morgan fingerprint density at radius 3 is 2.31 bits per heavy atom. The van der Waals surface area contributed by atoms with Crippen molar-refractivity contribution in [1.29, 1.82) is 0 Å². The summed E-state index contributed by atoms with van der Waals surface area (Å²) < 4.78 is 11.6. The first-order valence-corrected chi connectivity index (χ1v) is 11.7. The average molecular weight is 403 g/mol.